The smallest absolute Gasteiger partial charge is 0.161 e. The molecule has 0 aliphatic heterocycles. The fraction of sp³-hybridized carbons (Fsp3) is 0.0638. The number of thiophene rings is 1. The molecule has 0 radical (unpaired) electrons. The topological polar surface area (TPSA) is 29.6 Å². The Bertz CT molecular complexity index is 2760. The summed E-state index contributed by atoms with van der Waals surface area (Å²) in [6.45, 7) is 6.43. The Kier molecular flexibility index (Phi) is 7.87. The number of amidine groups is 1. The van der Waals surface area contributed by atoms with E-state index in [0.29, 0.717) is 11.5 Å². The zero-order valence-electron chi connectivity index (χ0n) is 28.4. The van der Waals surface area contributed by atoms with E-state index in [-0.39, 0.29) is 0 Å². The third-order valence-electron chi connectivity index (χ3n) is 9.79. The summed E-state index contributed by atoms with van der Waals surface area (Å²) < 4.78 is 4.78. The molecule has 244 valence electrons. The lowest BCUT2D eigenvalue weighted by molar-refractivity contribution is 1.03. The number of para-hydroxylation sites is 2. The number of hydrogen-bond donors (Lipinski definition) is 0. The molecule has 0 fully saturated rings. The molecular weight excluding hydrogens is 639 g/mol. The molecule has 0 unspecified atom stereocenters. The largest absolute Gasteiger partial charge is 0.309 e. The first-order chi connectivity index (χ1) is 25.1. The van der Waals surface area contributed by atoms with Gasteiger partial charge in [0.2, 0.25) is 0 Å². The number of benzene rings is 6. The Morgan fingerprint density at radius 3 is 2.20 bits per heavy atom. The molecule has 0 bridgehead atoms. The van der Waals surface area contributed by atoms with Crippen molar-refractivity contribution in [1.29, 1.82) is 0 Å². The predicted octanol–water partition coefficient (Wildman–Crippen LogP) is 13.0. The summed E-state index contributed by atoms with van der Waals surface area (Å²) in [5.41, 5.74) is 10.8. The maximum absolute atomic E-state index is 5.19. The van der Waals surface area contributed by atoms with Crippen molar-refractivity contribution in [1.82, 2.24) is 4.57 Å². The van der Waals surface area contributed by atoms with Crippen molar-refractivity contribution in [2.75, 3.05) is 0 Å². The fourth-order valence-electron chi connectivity index (χ4n) is 7.24. The molecule has 3 nitrogen and oxygen atoms in total. The van der Waals surface area contributed by atoms with E-state index in [2.05, 4.69) is 145 Å². The zero-order chi connectivity index (χ0) is 34.3. The monoisotopic (exact) mass is 673 g/mol. The van der Waals surface area contributed by atoms with E-state index in [1.165, 1.54) is 58.8 Å². The molecule has 8 aromatic rings. The molecule has 2 aromatic heterocycles. The highest BCUT2D eigenvalue weighted by Gasteiger charge is 2.17. The summed E-state index contributed by atoms with van der Waals surface area (Å²) in [6.07, 6.45) is 8.75. The van der Waals surface area contributed by atoms with Gasteiger partial charge in [-0.25, -0.2) is 9.98 Å². The summed E-state index contributed by atoms with van der Waals surface area (Å²) in [5.74, 6) is 0.680. The number of aliphatic imine (C=N–C) groups is 2. The number of aromatic nitrogens is 1. The van der Waals surface area contributed by atoms with Crippen LogP contribution in [0, 0.1) is 0 Å². The van der Waals surface area contributed by atoms with Gasteiger partial charge < -0.3 is 4.57 Å². The Hall–Kier alpha value is -6.10. The van der Waals surface area contributed by atoms with E-state index in [1.807, 2.05) is 30.3 Å². The summed E-state index contributed by atoms with van der Waals surface area (Å²) >= 11 is 1.81. The van der Waals surface area contributed by atoms with E-state index in [4.69, 9.17) is 9.98 Å². The van der Waals surface area contributed by atoms with Crippen LogP contribution in [0.1, 0.15) is 30.9 Å². The second kappa shape index (κ2) is 13.0. The molecule has 0 saturated heterocycles. The van der Waals surface area contributed by atoms with Gasteiger partial charge in [-0.3, -0.25) is 0 Å². The Morgan fingerprint density at radius 2 is 1.37 bits per heavy atom. The van der Waals surface area contributed by atoms with Crippen molar-refractivity contribution in [2.24, 2.45) is 9.98 Å². The van der Waals surface area contributed by atoms with Gasteiger partial charge in [0.1, 0.15) is 0 Å². The molecule has 1 aliphatic rings. The van der Waals surface area contributed by atoms with Gasteiger partial charge in [0.25, 0.3) is 0 Å². The molecular formula is C47H35N3S. The summed E-state index contributed by atoms with van der Waals surface area (Å²) in [4.78, 5) is 10.3. The highest BCUT2D eigenvalue weighted by atomic mass is 32.1. The van der Waals surface area contributed by atoms with E-state index in [1.54, 1.807) is 11.3 Å². The van der Waals surface area contributed by atoms with Gasteiger partial charge in [-0.05, 0) is 84.5 Å². The molecule has 2 heterocycles. The van der Waals surface area contributed by atoms with Crippen LogP contribution in [0.25, 0.3) is 64.5 Å². The van der Waals surface area contributed by atoms with Gasteiger partial charge in [-0.15, -0.1) is 11.3 Å². The predicted molar refractivity (Wildman–Crippen MR) is 221 cm³/mol. The van der Waals surface area contributed by atoms with Crippen molar-refractivity contribution in [2.45, 2.75) is 19.8 Å². The number of hydrogen-bond acceptors (Lipinski definition) is 2. The van der Waals surface area contributed by atoms with Crippen LogP contribution in [0.3, 0.4) is 0 Å². The second-order valence-corrected chi connectivity index (χ2v) is 14.1. The minimum Gasteiger partial charge on any atom is -0.309 e. The molecule has 0 N–H and O–H groups in total. The summed E-state index contributed by atoms with van der Waals surface area (Å²) in [5, 5.41) is 4.96. The van der Waals surface area contributed by atoms with Gasteiger partial charge in [0.15, 0.2) is 5.84 Å². The van der Waals surface area contributed by atoms with Crippen molar-refractivity contribution >= 4 is 70.6 Å². The first kappa shape index (κ1) is 30.9. The SMILES string of the molecule is C=C(/N=C(\N=C(/C)C1=CCCC=C1)c1cccc2c1sc1cc(-c3ccc4c(c3)c3ccccc3n4-c3ccccc3)ccc12)c1ccccc1. The third-order valence-corrected chi connectivity index (χ3v) is 11.0. The van der Waals surface area contributed by atoms with Crippen LogP contribution in [0.2, 0.25) is 0 Å². The van der Waals surface area contributed by atoms with E-state index in [0.717, 1.165) is 35.3 Å². The highest BCUT2D eigenvalue weighted by molar-refractivity contribution is 7.26. The van der Waals surface area contributed by atoms with Gasteiger partial charge in [0.05, 0.1) is 16.7 Å². The maximum Gasteiger partial charge on any atom is 0.161 e. The van der Waals surface area contributed by atoms with Crippen LogP contribution in [0.15, 0.2) is 180 Å². The van der Waals surface area contributed by atoms with Crippen LogP contribution in [0.4, 0.5) is 0 Å². The fourth-order valence-corrected chi connectivity index (χ4v) is 8.49. The minimum absolute atomic E-state index is 0.680. The molecule has 51 heavy (non-hydrogen) atoms. The lowest BCUT2D eigenvalue weighted by Gasteiger charge is -2.10. The van der Waals surface area contributed by atoms with Crippen LogP contribution < -0.4 is 0 Å². The highest BCUT2D eigenvalue weighted by Crippen LogP contribution is 2.40. The van der Waals surface area contributed by atoms with Gasteiger partial charge in [0, 0.05) is 47.9 Å². The normalized spacial score (nSPS) is 13.8. The Labute approximate surface area is 301 Å². The summed E-state index contributed by atoms with van der Waals surface area (Å²) in [7, 11) is 0. The van der Waals surface area contributed by atoms with Crippen molar-refractivity contribution < 1.29 is 0 Å². The molecule has 0 atom stereocenters. The van der Waals surface area contributed by atoms with Gasteiger partial charge in [-0.1, -0.05) is 122 Å². The maximum atomic E-state index is 5.19. The molecule has 0 amide bonds. The standard InChI is InChI=1S/C47H35N3S/c1-31(33-15-6-3-7-16-33)48-47(49-32(2)34-17-8-4-9-18-34)41-23-14-22-40-39-27-25-36(30-45(39)51-46(40)41)35-26-28-44-42(29-35)38-21-12-13-24-43(38)50(44)37-19-10-5-11-20-37/h3,5-8,10-30H,1,4,9H2,2H3/b48-47-,49-32+. The van der Waals surface area contributed by atoms with Crippen molar-refractivity contribution in [3.63, 3.8) is 0 Å². The van der Waals surface area contributed by atoms with Crippen LogP contribution in [-0.4, -0.2) is 16.1 Å². The summed E-state index contributed by atoms with van der Waals surface area (Å²) in [6, 6.07) is 49.7. The lowest BCUT2D eigenvalue weighted by Crippen LogP contribution is -2.05. The molecule has 0 spiro atoms. The molecule has 0 saturated carbocycles. The van der Waals surface area contributed by atoms with E-state index in [9.17, 15) is 0 Å². The van der Waals surface area contributed by atoms with Crippen molar-refractivity contribution in [3.05, 3.63) is 181 Å². The average Bonchev–Trinajstić information content (AvgIpc) is 3.73. The van der Waals surface area contributed by atoms with Gasteiger partial charge in [-0.2, -0.15) is 0 Å². The lowest BCUT2D eigenvalue weighted by atomic mass is 10.0. The van der Waals surface area contributed by atoms with Crippen LogP contribution >= 0.6 is 11.3 Å². The van der Waals surface area contributed by atoms with Gasteiger partial charge >= 0.3 is 0 Å². The first-order valence-corrected chi connectivity index (χ1v) is 18.2. The van der Waals surface area contributed by atoms with Crippen LogP contribution in [0.5, 0.6) is 0 Å². The Morgan fingerprint density at radius 1 is 0.647 bits per heavy atom. The van der Waals surface area contributed by atoms with E-state index < -0.39 is 0 Å². The number of rotatable bonds is 6. The quantitative estimate of drug-likeness (QED) is 0.124. The molecule has 9 rings (SSSR count). The first-order valence-electron chi connectivity index (χ1n) is 17.4. The average molecular weight is 674 g/mol. The number of allylic oxidation sites excluding steroid dienone is 4. The second-order valence-electron chi connectivity index (χ2n) is 13.0. The molecule has 4 heteroatoms. The number of fused-ring (bicyclic) bond motifs is 6. The number of nitrogens with zero attached hydrogens (tertiary/aromatic N) is 3. The van der Waals surface area contributed by atoms with Crippen molar-refractivity contribution in [3.8, 4) is 16.8 Å². The minimum atomic E-state index is 0.680. The zero-order valence-corrected chi connectivity index (χ0v) is 29.2. The van der Waals surface area contributed by atoms with Crippen LogP contribution in [-0.2, 0) is 0 Å². The third kappa shape index (κ3) is 5.64. The molecule has 1 aliphatic carbocycles. The van der Waals surface area contributed by atoms with E-state index >= 15 is 0 Å². The Balaban J connectivity index is 1.17. The molecule has 6 aromatic carbocycles.